The molecule has 0 saturated heterocycles. The van der Waals surface area contributed by atoms with Gasteiger partial charge in [-0.05, 0) is 61.0 Å². The van der Waals surface area contributed by atoms with Crippen molar-refractivity contribution in [1.29, 1.82) is 0 Å². The first-order valence-electron chi connectivity index (χ1n) is 13.1. The highest BCUT2D eigenvalue weighted by Crippen LogP contribution is 2.34. The van der Waals surface area contributed by atoms with E-state index in [0.29, 0.717) is 41.3 Å². The molecule has 1 aliphatic heterocycles. The van der Waals surface area contributed by atoms with Crippen LogP contribution in [0.25, 0.3) is 0 Å². The molecule has 8 nitrogen and oxygen atoms in total. The molecule has 0 N–H and O–H groups in total. The number of hydrogen-bond acceptors (Lipinski definition) is 7. The molecule has 41 heavy (non-hydrogen) atoms. The summed E-state index contributed by atoms with van der Waals surface area (Å²) in [5, 5.41) is 0. The molecule has 4 aromatic rings. The van der Waals surface area contributed by atoms with E-state index in [1.165, 1.54) is 18.2 Å². The fourth-order valence-corrected chi connectivity index (χ4v) is 4.59. The average molecular weight is 550 g/mol. The fourth-order valence-electron chi connectivity index (χ4n) is 4.59. The van der Waals surface area contributed by atoms with Gasteiger partial charge >= 0.3 is 5.97 Å². The van der Waals surface area contributed by atoms with Crippen molar-refractivity contribution in [1.82, 2.24) is 0 Å². The second-order valence-corrected chi connectivity index (χ2v) is 9.37. The molecule has 0 radical (unpaired) electrons. The van der Waals surface area contributed by atoms with E-state index in [1.54, 1.807) is 73.8 Å². The number of para-hydroxylation sites is 2. The second-order valence-electron chi connectivity index (χ2n) is 9.37. The van der Waals surface area contributed by atoms with E-state index < -0.39 is 23.9 Å². The lowest BCUT2D eigenvalue weighted by Gasteiger charge is -2.16. The van der Waals surface area contributed by atoms with Crippen molar-refractivity contribution >= 4 is 29.3 Å². The van der Waals surface area contributed by atoms with Gasteiger partial charge < -0.3 is 14.2 Å². The molecule has 0 bridgehead atoms. The maximum Gasteiger partial charge on any atom is 0.338 e. The van der Waals surface area contributed by atoms with E-state index in [9.17, 15) is 19.2 Å². The quantitative estimate of drug-likeness (QED) is 0.127. The number of carbonyl (C=O) groups is 4. The minimum absolute atomic E-state index is 0.0780. The van der Waals surface area contributed by atoms with Crippen LogP contribution >= 0.6 is 0 Å². The summed E-state index contributed by atoms with van der Waals surface area (Å²) in [5.74, 6) is -0.530. The Bertz CT molecular complexity index is 1610. The van der Waals surface area contributed by atoms with Crippen LogP contribution in [0.2, 0.25) is 0 Å². The monoisotopic (exact) mass is 549 g/mol. The number of ketones is 1. The molecule has 1 atom stereocenters. The smallest absolute Gasteiger partial charge is 0.338 e. The highest BCUT2D eigenvalue weighted by atomic mass is 16.5. The predicted molar refractivity (Wildman–Crippen MR) is 152 cm³/mol. The molecule has 8 heteroatoms. The molecule has 0 spiro atoms. The summed E-state index contributed by atoms with van der Waals surface area (Å²) in [5.41, 5.74) is 1.13. The first-order chi connectivity index (χ1) is 19.9. The van der Waals surface area contributed by atoms with Gasteiger partial charge in [0.25, 0.3) is 11.8 Å². The number of hydrogen-bond donors (Lipinski definition) is 0. The topological polar surface area (TPSA) is 99.2 Å². The number of rotatable bonds is 10. The van der Waals surface area contributed by atoms with E-state index in [2.05, 4.69) is 0 Å². The minimum atomic E-state index is -0.964. The average Bonchev–Trinajstić information content (AvgIpc) is 3.26. The standard InChI is InChI=1S/C33H27NO7/c1-3-9-29(30(35)21-10-5-4-6-11-21)41-33(38)22-14-19-25-26(20-22)32(37)34(31(25)36)23-15-17-24(18-16-23)40-28-13-8-7-12-27(28)39-2/h4-8,10-20,29H,3,9H2,1-2H3. The van der Waals surface area contributed by atoms with E-state index >= 15 is 0 Å². The van der Waals surface area contributed by atoms with Gasteiger partial charge in [-0.3, -0.25) is 14.4 Å². The van der Waals surface area contributed by atoms with Crippen molar-refractivity contribution in [2.45, 2.75) is 25.9 Å². The molecule has 1 aliphatic rings. The number of imide groups is 1. The number of methoxy groups -OCH3 is 1. The highest BCUT2D eigenvalue weighted by molar-refractivity contribution is 6.34. The normalized spacial score (nSPS) is 13.0. The molecule has 0 aromatic heterocycles. The summed E-state index contributed by atoms with van der Waals surface area (Å²) >= 11 is 0. The largest absolute Gasteiger partial charge is 0.493 e. The number of ether oxygens (including phenoxy) is 3. The van der Waals surface area contributed by atoms with Crippen LogP contribution in [0.5, 0.6) is 17.2 Å². The van der Waals surface area contributed by atoms with Crippen LogP contribution in [0, 0.1) is 0 Å². The van der Waals surface area contributed by atoms with Crippen molar-refractivity contribution in [2.75, 3.05) is 12.0 Å². The zero-order valence-corrected chi connectivity index (χ0v) is 22.5. The van der Waals surface area contributed by atoms with Gasteiger partial charge in [0.1, 0.15) is 5.75 Å². The first kappa shape index (κ1) is 27.3. The van der Waals surface area contributed by atoms with E-state index in [-0.39, 0.29) is 22.5 Å². The van der Waals surface area contributed by atoms with E-state index in [4.69, 9.17) is 14.2 Å². The lowest BCUT2D eigenvalue weighted by Crippen LogP contribution is -2.29. The van der Waals surface area contributed by atoms with Gasteiger partial charge in [-0.1, -0.05) is 55.8 Å². The third-order valence-electron chi connectivity index (χ3n) is 6.66. The predicted octanol–water partition coefficient (Wildman–Crippen LogP) is 6.50. The van der Waals surface area contributed by atoms with E-state index in [0.717, 1.165) is 4.90 Å². The van der Waals surface area contributed by atoms with Crippen LogP contribution in [-0.4, -0.2) is 36.8 Å². The number of carbonyl (C=O) groups excluding carboxylic acids is 4. The Kier molecular flexibility index (Phi) is 7.92. The van der Waals surface area contributed by atoms with Crippen molar-refractivity contribution < 1.29 is 33.4 Å². The second kappa shape index (κ2) is 11.9. The van der Waals surface area contributed by atoms with Gasteiger partial charge in [0.2, 0.25) is 5.78 Å². The number of nitrogens with zero attached hydrogens (tertiary/aromatic N) is 1. The highest BCUT2D eigenvalue weighted by Gasteiger charge is 2.37. The zero-order chi connectivity index (χ0) is 28.9. The molecule has 0 fully saturated rings. The number of Topliss-reactive ketones (excluding diaryl/α,β-unsaturated/α-hetero) is 1. The van der Waals surface area contributed by atoms with Crippen LogP contribution < -0.4 is 14.4 Å². The molecular formula is C33H27NO7. The molecule has 2 amide bonds. The van der Waals surface area contributed by atoms with Gasteiger partial charge in [-0.25, -0.2) is 9.69 Å². The van der Waals surface area contributed by atoms with Crippen LogP contribution in [0.1, 0.15) is 61.2 Å². The summed E-state index contributed by atoms with van der Waals surface area (Å²) in [4.78, 5) is 53.5. The minimum Gasteiger partial charge on any atom is -0.493 e. The Labute approximate surface area is 237 Å². The fraction of sp³-hybridized carbons (Fsp3) is 0.152. The van der Waals surface area contributed by atoms with Crippen LogP contribution in [0.3, 0.4) is 0 Å². The summed E-state index contributed by atoms with van der Waals surface area (Å²) < 4.78 is 16.8. The molecule has 4 aromatic carbocycles. The van der Waals surface area contributed by atoms with Crippen molar-refractivity contribution in [3.63, 3.8) is 0 Å². The summed E-state index contributed by atoms with van der Waals surface area (Å²) in [6, 6.07) is 26.5. The van der Waals surface area contributed by atoms with E-state index in [1.807, 2.05) is 19.1 Å². The molecule has 0 aliphatic carbocycles. The van der Waals surface area contributed by atoms with Gasteiger partial charge in [0, 0.05) is 5.56 Å². The third kappa shape index (κ3) is 5.58. The molecule has 0 saturated carbocycles. The summed E-state index contributed by atoms with van der Waals surface area (Å²) in [6.07, 6.45) is 0.0196. The zero-order valence-electron chi connectivity index (χ0n) is 22.5. The maximum atomic E-state index is 13.3. The third-order valence-corrected chi connectivity index (χ3v) is 6.66. The number of amides is 2. The summed E-state index contributed by atoms with van der Waals surface area (Å²) in [7, 11) is 1.55. The van der Waals surface area contributed by atoms with Crippen molar-refractivity contribution in [3.8, 4) is 17.2 Å². The number of anilines is 1. The van der Waals surface area contributed by atoms with Crippen LogP contribution in [0.4, 0.5) is 5.69 Å². The number of benzene rings is 4. The van der Waals surface area contributed by atoms with Crippen molar-refractivity contribution in [3.05, 3.63) is 119 Å². The molecule has 5 rings (SSSR count). The Morgan fingerprint density at radius 1 is 0.756 bits per heavy atom. The van der Waals surface area contributed by atoms with Gasteiger partial charge in [0.05, 0.1) is 29.5 Å². The Morgan fingerprint density at radius 3 is 2.10 bits per heavy atom. The molecular weight excluding hydrogens is 522 g/mol. The van der Waals surface area contributed by atoms with Crippen molar-refractivity contribution in [2.24, 2.45) is 0 Å². The Balaban J connectivity index is 1.32. The summed E-state index contributed by atoms with van der Waals surface area (Å²) in [6.45, 7) is 1.89. The van der Waals surface area contributed by atoms with Gasteiger partial charge in [0.15, 0.2) is 17.6 Å². The molecule has 1 unspecified atom stereocenters. The lowest BCUT2D eigenvalue weighted by atomic mass is 10.0. The number of fused-ring (bicyclic) bond motifs is 1. The maximum absolute atomic E-state index is 13.3. The Morgan fingerprint density at radius 2 is 1.41 bits per heavy atom. The molecule has 206 valence electrons. The van der Waals surface area contributed by atoms with Gasteiger partial charge in [-0.2, -0.15) is 0 Å². The molecule has 1 heterocycles. The van der Waals surface area contributed by atoms with Gasteiger partial charge in [-0.15, -0.1) is 0 Å². The van der Waals surface area contributed by atoms with Crippen LogP contribution in [0.15, 0.2) is 97.1 Å². The number of esters is 1. The first-order valence-corrected chi connectivity index (χ1v) is 13.1. The van der Waals surface area contributed by atoms with Crippen LogP contribution in [-0.2, 0) is 4.74 Å². The SMILES string of the molecule is CCCC(OC(=O)c1ccc2c(c1)C(=O)N(c1ccc(Oc3ccccc3OC)cc1)C2=O)C(=O)c1ccccc1. The lowest BCUT2D eigenvalue weighted by molar-refractivity contribution is 0.0266. The Hall–Kier alpha value is -5.24.